The van der Waals surface area contributed by atoms with Crippen LogP contribution in [0.1, 0.15) is 49.1 Å². The van der Waals surface area contributed by atoms with Crippen LogP contribution >= 0.6 is 0 Å². The second kappa shape index (κ2) is 5.16. The molecular weight excluding hydrogens is 194 g/mol. The van der Waals surface area contributed by atoms with Gasteiger partial charge < -0.3 is 0 Å². The van der Waals surface area contributed by atoms with E-state index in [0.717, 1.165) is 5.92 Å². The standard InChI is InChI=1S/C15H19N/c1-12-5-4-8-14(11-12)15(9-10-16)13-6-2-3-7-13/h4-5,8,11,13,15H,2-3,6-7,9H2,1H3. The van der Waals surface area contributed by atoms with Gasteiger partial charge in [-0.15, -0.1) is 0 Å². The van der Waals surface area contributed by atoms with Crippen LogP contribution in [0.25, 0.3) is 0 Å². The molecule has 2 rings (SSSR count). The zero-order valence-corrected chi connectivity index (χ0v) is 9.95. The van der Waals surface area contributed by atoms with Crippen molar-refractivity contribution in [1.29, 1.82) is 5.26 Å². The SMILES string of the molecule is Cc1cccc(C(CC#N)C2CCCC2)c1. The molecule has 1 fully saturated rings. The molecule has 1 aliphatic carbocycles. The van der Waals surface area contributed by atoms with E-state index in [9.17, 15) is 0 Å². The highest BCUT2D eigenvalue weighted by molar-refractivity contribution is 5.27. The number of rotatable bonds is 3. The topological polar surface area (TPSA) is 23.8 Å². The predicted molar refractivity (Wildman–Crippen MR) is 66.1 cm³/mol. The molecule has 0 spiro atoms. The number of hydrogen-bond donors (Lipinski definition) is 0. The third-order valence-corrected chi connectivity index (χ3v) is 3.75. The summed E-state index contributed by atoms with van der Waals surface area (Å²) < 4.78 is 0. The summed E-state index contributed by atoms with van der Waals surface area (Å²) in [5.41, 5.74) is 2.67. The minimum absolute atomic E-state index is 0.465. The van der Waals surface area contributed by atoms with Crippen molar-refractivity contribution in [2.75, 3.05) is 0 Å². The molecule has 84 valence electrons. The molecule has 1 unspecified atom stereocenters. The zero-order chi connectivity index (χ0) is 11.4. The summed E-state index contributed by atoms with van der Waals surface area (Å²) >= 11 is 0. The summed E-state index contributed by atoms with van der Waals surface area (Å²) in [5, 5.41) is 8.98. The van der Waals surface area contributed by atoms with Crippen LogP contribution in [-0.2, 0) is 0 Å². The minimum atomic E-state index is 0.465. The van der Waals surface area contributed by atoms with Crippen LogP contribution in [0.3, 0.4) is 0 Å². The third kappa shape index (κ3) is 2.44. The van der Waals surface area contributed by atoms with Crippen molar-refractivity contribution in [3.8, 4) is 6.07 Å². The fourth-order valence-corrected chi connectivity index (χ4v) is 2.92. The quantitative estimate of drug-likeness (QED) is 0.738. The van der Waals surface area contributed by atoms with Gasteiger partial charge in [-0.25, -0.2) is 0 Å². The van der Waals surface area contributed by atoms with Gasteiger partial charge in [-0.05, 0) is 37.2 Å². The van der Waals surface area contributed by atoms with Gasteiger partial charge in [-0.3, -0.25) is 0 Å². The Kier molecular flexibility index (Phi) is 3.62. The Balaban J connectivity index is 2.21. The molecule has 0 saturated heterocycles. The Morgan fingerprint density at radius 2 is 2.12 bits per heavy atom. The van der Waals surface area contributed by atoms with Gasteiger partial charge in [0, 0.05) is 6.42 Å². The van der Waals surface area contributed by atoms with Crippen molar-refractivity contribution in [3.63, 3.8) is 0 Å². The van der Waals surface area contributed by atoms with Gasteiger partial charge >= 0.3 is 0 Å². The first-order chi connectivity index (χ1) is 7.81. The van der Waals surface area contributed by atoms with Gasteiger partial charge in [-0.2, -0.15) is 5.26 Å². The van der Waals surface area contributed by atoms with Crippen LogP contribution in [0, 0.1) is 24.2 Å². The molecule has 0 radical (unpaired) electrons. The zero-order valence-electron chi connectivity index (χ0n) is 9.95. The Hall–Kier alpha value is -1.29. The maximum absolute atomic E-state index is 8.98. The van der Waals surface area contributed by atoms with Crippen molar-refractivity contribution in [2.45, 2.75) is 44.9 Å². The fraction of sp³-hybridized carbons (Fsp3) is 0.533. The smallest absolute Gasteiger partial charge is 0.0628 e. The Labute approximate surface area is 98.1 Å². The molecule has 0 amide bonds. The predicted octanol–water partition coefficient (Wildman–Crippen LogP) is 4.18. The van der Waals surface area contributed by atoms with E-state index in [1.165, 1.54) is 36.8 Å². The average molecular weight is 213 g/mol. The van der Waals surface area contributed by atoms with Crippen LogP contribution in [0.4, 0.5) is 0 Å². The van der Waals surface area contributed by atoms with E-state index in [-0.39, 0.29) is 0 Å². The molecule has 1 aliphatic rings. The molecule has 1 aromatic carbocycles. The van der Waals surface area contributed by atoms with Crippen LogP contribution in [0.15, 0.2) is 24.3 Å². The Bertz CT molecular complexity index is 383. The van der Waals surface area contributed by atoms with Gasteiger partial charge in [0.25, 0.3) is 0 Å². The fourth-order valence-electron chi connectivity index (χ4n) is 2.92. The lowest BCUT2D eigenvalue weighted by Crippen LogP contribution is -2.09. The van der Waals surface area contributed by atoms with Crippen LogP contribution in [0.5, 0.6) is 0 Å². The second-order valence-electron chi connectivity index (χ2n) is 4.93. The highest BCUT2D eigenvalue weighted by Crippen LogP contribution is 2.39. The molecule has 1 saturated carbocycles. The molecule has 0 heterocycles. The van der Waals surface area contributed by atoms with Crippen LogP contribution < -0.4 is 0 Å². The largest absolute Gasteiger partial charge is 0.198 e. The Morgan fingerprint density at radius 3 is 2.75 bits per heavy atom. The second-order valence-corrected chi connectivity index (χ2v) is 4.93. The maximum atomic E-state index is 8.98. The van der Waals surface area contributed by atoms with E-state index in [1.807, 2.05) is 0 Å². The molecule has 0 N–H and O–H groups in total. The van der Waals surface area contributed by atoms with Crippen molar-refractivity contribution in [2.24, 2.45) is 5.92 Å². The molecule has 1 atom stereocenters. The normalized spacial score (nSPS) is 18.2. The Morgan fingerprint density at radius 1 is 1.38 bits per heavy atom. The van der Waals surface area contributed by atoms with E-state index < -0.39 is 0 Å². The third-order valence-electron chi connectivity index (χ3n) is 3.75. The maximum Gasteiger partial charge on any atom is 0.0628 e. The van der Waals surface area contributed by atoms with Gasteiger partial charge in [-0.1, -0.05) is 42.7 Å². The van der Waals surface area contributed by atoms with E-state index in [1.54, 1.807) is 0 Å². The molecule has 1 nitrogen and oxygen atoms in total. The summed E-state index contributed by atoms with van der Waals surface area (Å²) in [6.45, 7) is 2.13. The van der Waals surface area contributed by atoms with Crippen molar-refractivity contribution < 1.29 is 0 Å². The number of aryl methyl sites for hydroxylation is 1. The number of nitrogens with zero attached hydrogens (tertiary/aromatic N) is 1. The van der Waals surface area contributed by atoms with E-state index >= 15 is 0 Å². The van der Waals surface area contributed by atoms with Crippen molar-refractivity contribution in [3.05, 3.63) is 35.4 Å². The van der Waals surface area contributed by atoms with Crippen LogP contribution in [0.2, 0.25) is 0 Å². The van der Waals surface area contributed by atoms with Gasteiger partial charge in [0.15, 0.2) is 0 Å². The highest BCUT2D eigenvalue weighted by atomic mass is 14.3. The molecule has 0 bridgehead atoms. The average Bonchev–Trinajstić information content (AvgIpc) is 2.79. The summed E-state index contributed by atoms with van der Waals surface area (Å²) in [7, 11) is 0. The summed E-state index contributed by atoms with van der Waals surface area (Å²) in [6, 6.07) is 11.0. The van der Waals surface area contributed by atoms with E-state index in [2.05, 4.69) is 37.3 Å². The molecule has 1 heteroatoms. The van der Waals surface area contributed by atoms with Crippen LogP contribution in [-0.4, -0.2) is 0 Å². The lowest BCUT2D eigenvalue weighted by molar-refractivity contribution is 0.439. The number of benzene rings is 1. The molecule has 0 aliphatic heterocycles. The first kappa shape index (κ1) is 11.2. The van der Waals surface area contributed by atoms with Gasteiger partial charge in [0.05, 0.1) is 6.07 Å². The minimum Gasteiger partial charge on any atom is -0.198 e. The summed E-state index contributed by atoms with van der Waals surface area (Å²) in [5.74, 6) is 1.20. The lowest BCUT2D eigenvalue weighted by atomic mass is 9.82. The van der Waals surface area contributed by atoms with Gasteiger partial charge in [0.1, 0.15) is 0 Å². The molecular formula is C15H19N. The van der Waals surface area contributed by atoms with E-state index in [0.29, 0.717) is 12.3 Å². The monoisotopic (exact) mass is 213 g/mol. The van der Waals surface area contributed by atoms with Crippen molar-refractivity contribution >= 4 is 0 Å². The highest BCUT2D eigenvalue weighted by Gasteiger charge is 2.25. The van der Waals surface area contributed by atoms with Crippen molar-refractivity contribution in [1.82, 2.24) is 0 Å². The first-order valence-electron chi connectivity index (χ1n) is 6.25. The number of hydrogen-bond acceptors (Lipinski definition) is 1. The van der Waals surface area contributed by atoms with E-state index in [4.69, 9.17) is 5.26 Å². The molecule has 0 aromatic heterocycles. The van der Waals surface area contributed by atoms with Gasteiger partial charge in [0.2, 0.25) is 0 Å². The molecule has 16 heavy (non-hydrogen) atoms. The number of nitriles is 1. The summed E-state index contributed by atoms with van der Waals surface area (Å²) in [4.78, 5) is 0. The lowest BCUT2D eigenvalue weighted by Gasteiger charge is -2.21. The summed E-state index contributed by atoms with van der Waals surface area (Å²) in [6.07, 6.45) is 5.98. The first-order valence-corrected chi connectivity index (χ1v) is 6.25. The molecule has 1 aromatic rings.